The highest BCUT2D eigenvalue weighted by molar-refractivity contribution is 6.39. The molecule has 0 aliphatic rings. The van der Waals surface area contributed by atoms with E-state index in [1.54, 1.807) is 0 Å². The smallest absolute Gasteiger partial charge is 0.313 e. The molecule has 5 heteroatoms. The van der Waals surface area contributed by atoms with Gasteiger partial charge in [-0.3, -0.25) is 9.59 Å². The fraction of sp³-hybridized carbons (Fsp3) is 0.385. The Balaban J connectivity index is 2.67. The minimum atomic E-state index is -0.751. The van der Waals surface area contributed by atoms with Crippen molar-refractivity contribution in [2.24, 2.45) is 0 Å². The maximum Gasteiger partial charge on any atom is 0.313 e. The summed E-state index contributed by atoms with van der Waals surface area (Å²) >= 11 is 0. The number of aryl methyl sites for hydroxylation is 2. The zero-order valence-corrected chi connectivity index (χ0v) is 10.8. The summed E-state index contributed by atoms with van der Waals surface area (Å²) in [5, 5.41) is 13.9. The number of nitrogens with one attached hydrogen (secondary N) is 2. The zero-order chi connectivity index (χ0) is 13.7. The van der Waals surface area contributed by atoms with Gasteiger partial charge in [-0.05, 0) is 31.9 Å². The molecular weight excluding hydrogens is 232 g/mol. The van der Waals surface area contributed by atoms with Gasteiger partial charge in [0.25, 0.3) is 0 Å². The Bertz CT molecular complexity index is 435. The van der Waals surface area contributed by atoms with Crippen LogP contribution in [0.15, 0.2) is 18.2 Å². The summed E-state index contributed by atoms with van der Waals surface area (Å²) in [6.07, 6.45) is -0.679. The van der Waals surface area contributed by atoms with Gasteiger partial charge < -0.3 is 15.7 Å². The molecule has 1 rings (SSSR count). The van der Waals surface area contributed by atoms with Gasteiger partial charge in [-0.15, -0.1) is 0 Å². The average Bonchev–Trinajstić information content (AvgIpc) is 2.30. The third-order valence-corrected chi connectivity index (χ3v) is 2.48. The Morgan fingerprint density at radius 2 is 1.78 bits per heavy atom. The number of carbonyl (C=O) groups excluding carboxylic acids is 2. The third-order valence-electron chi connectivity index (χ3n) is 2.48. The van der Waals surface area contributed by atoms with Crippen LogP contribution in [0.4, 0.5) is 5.69 Å². The number of anilines is 1. The predicted molar refractivity (Wildman–Crippen MR) is 69.2 cm³/mol. The molecule has 3 N–H and O–H groups in total. The summed E-state index contributed by atoms with van der Waals surface area (Å²) in [5.41, 5.74) is 2.44. The lowest BCUT2D eigenvalue weighted by Gasteiger charge is -2.11. The molecule has 0 spiro atoms. The van der Waals surface area contributed by atoms with Crippen molar-refractivity contribution in [3.8, 4) is 0 Å². The minimum absolute atomic E-state index is 0.0546. The van der Waals surface area contributed by atoms with Gasteiger partial charge in [0.2, 0.25) is 0 Å². The van der Waals surface area contributed by atoms with E-state index in [4.69, 9.17) is 5.11 Å². The van der Waals surface area contributed by atoms with Crippen molar-refractivity contribution in [3.63, 3.8) is 0 Å². The van der Waals surface area contributed by atoms with Gasteiger partial charge in [-0.25, -0.2) is 0 Å². The summed E-state index contributed by atoms with van der Waals surface area (Å²) in [4.78, 5) is 23.1. The molecule has 1 aromatic carbocycles. The van der Waals surface area contributed by atoms with Crippen molar-refractivity contribution < 1.29 is 14.7 Å². The van der Waals surface area contributed by atoms with Crippen LogP contribution >= 0.6 is 0 Å². The molecule has 5 nitrogen and oxygen atoms in total. The van der Waals surface area contributed by atoms with Crippen molar-refractivity contribution in [2.45, 2.75) is 26.9 Å². The highest BCUT2D eigenvalue weighted by Gasteiger charge is 2.15. The van der Waals surface area contributed by atoms with Crippen molar-refractivity contribution in [3.05, 3.63) is 29.3 Å². The maximum absolute atomic E-state index is 11.6. The fourth-order valence-electron chi connectivity index (χ4n) is 1.50. The monoisotopic (exact) mass is 250 g/mol. The molecule has 0 fully saturated rings. The molecule has 0 unspecified atom stereocenters. The van der Waals surface area contributed by atoms with Gasteiger partial charge in [0.05, 0.1) is 6.10 Å². The number of hydrogen-bond donors (Lipinski definition) is 3. The maximum atomic E-state index is 11.6. The Hall–Kier alpha value is -1.88. The second-order valence-corrected chi connectivity index (χ2v) is 4.28. The normalized spacial score (nSPS) is 11.8. The first-order chi connectivity index (χ1) is 8.41. The number of para-hydroxylation sites is 1. The molecule has 0 aliphatic carbocycles. The van der Waals surface area contributed by atoms with Crippen LogP contribution in [0.1, 0.15) is 18.1 Å². The molecule has 2 amide bonds. The van der Waals surface area contributed by atoms with Crippen LogP contribution in [0, 0.1) is 13.8 Å². The van der Waals surface area contributed by atoms with E-state index in [2.05, 4.69) is 10.6 Å². The number of amides is 2. The fourth-order valence-corrected chi connectivity index (χ4v) is 1.50. The van der Waals surface area contributed by atoms with E-state index in [9.17, 15) is 9.59 Å². The molecule has 0 heterocycles. The predicted octanol–water partition coefficient (Wildman–Crippen LogP) is 0.739. The molecule has 18 heavy (non-hydrogen) atoms. The van der Waals surface area contributed by atoms with E-state index < -0.39 is 17.9 Å². The standard InChI is InChI=1S/C13H18N2O3/c1-8-5-4-6-9(2)11(8)15-13(18)12(17)14-7-10(3)16/h4-6,10,16H,7H2,1-3H3,(H,14,17)(H,15,18)/t10-/m0/s1. The molecular formula is C13H18N2O3. The summed E-state index contributed by atoms with van der Waals surface area (Å²) in [7, 11) is 0. The third kappa shape index (κ3) is 3.85. The van der Waals surface area contributed by atoms with Crippen LogP contribution in [-0.4, -0.2) is 29.6 Å². The number of rotatable bonds is 3. The van der Waals surface area contributed by atoms with E-state index in [1.807, 2.05) is 32.0 Å². The van der Waals surface area contributed by atoms with E-state index in [-0.39, 0.29) is 6.54 Å². The molecule has 0 saturated carbocycles. The number of carbonyl (C=O) groups is 2. The van der Waals surface area contributed by atoms with Gasteiger partial charge in [0, 0.05) is 12.2 Å². The van der Waals surface area contributed by atoms with Gasteiger partial charge >= 0.3 is 11.8 Å². The first-order valence-corrected chi connectivity index (χ1v) is 5.75. The van der Waals surface area contributed by atoms with Gasteiger partial charge in [-0.1, -0.05) is 18.2 Å². The van der Waals surface area contributed by atoms with Gasteiger partial charge in [0.15, 0.2) is 0 Å². The summed E-state index contributed by atoms with van der Waals surface area (Å²) < 4.78 is 0. The van der Waals surface area contributed by atoms with Crippen LogP contribution in [0.25, 0.3) is 0 Å². The van der Waals surface area contributed by atoms with Crippen LogP contribution in [0.5, 0.6) is 0 Å². The SMILES string of the molecule is Cc1cccc(C)c1NC(=O)C(=O)NC[C@H](C)O. The Labute approximate surface area is 106 Å². The minimum Gasteiger partial charge on any atom is -0.392 e. The van der Waals surface area contributed by atoms with E-state index in [0.717, 1.165) is 11.1 Å². The topological polar surface area (TPSA) is 78.4 Å². The number of aliphatic hydroxyl groups is 1. The van der Waals surface area contributed by atoms with Crippen molar-refractivity contribution in [1.29, 1.82) is 0 Å². The first kappa shape index (κ1) is 14.2. The number of aliphatic hydroxyl groups excluding tert-OH is 1. The lowest BCUT2D eigenvalue weighted by molar-refractivity contribution is -0.136. The molecule has 0 aromatic heterocycles. The number of benzene rings is 1. The zero-order valence-electron chi connectivity index (χ0n) is 10.8. The van der Waals surface area contributed by atoms with E-state index in [0.29, 0.717) is 5.69 Å². The molecule has 1 atom stereocenters. The molecule has 1 aromatic rings. The van der Waals surface area contributed by atoms with Crippen LogP contribution in [-0.2, 0) is 9.59 Å². The molecule has 0 saturated heterocycles. The summed E-state index contributed by atoms with van der Waals surface area (Å²) in [5.74, 6) is -1.48. The highest BCUT2D eigenvalue weighted by atomic mass is 16.3. The van der Waals surface area contributed by atoms with Crippen LogP contribution in [0.2, 0.25) is 0 Å². The Morgan fingerprint density at radius 1 is 1.22 bits per heavy atom. The average molecular weight is 250 g/mol. The summed E-state index contributed by atoms with van der Waals surface area (Å²) in [6, 6.07) is 5.60. The van der Waals surface area contributed by atoms with Crippen molar-refractivity contribution in [2.75, 3.05) is 11.9 Å². The lowest BCUT2D eigenvalue weighted by atomic mass is 10.1. The largest absolute Gasteiger partial charge is 0.392 e. The van der Waals surface area contributed by atoms with E-state index in [1.165, 1.54) is 6.92 Å². The molecule has 0 radical (unpaired) electrons. The molecule has 98 valence electrons. The van der Waals surface area contributed by atoms with Gasteiger partial charge in [0.1, 0.15) is 0 Å². The van der Waals surface area contributed by atoms with Crippen LogP contribution < -0.4 is 10.6 Å². The Morgan fingerprint density at radius 3 is 2.28 bits per heavy atom. The summed E-state index contributed by atoms with van der Waals surface area (Å²) in [6.45, 7) is 5.30. The molecule has 0 aliphatic heterocycles. The Kier molecular flexibility index (Phi) is 4.85. The quantitative estimate of drug-likeness (QED) is 0.692. The lowest BCUT2D eigenvalue weighted by Crippen LogP contribution is -2.39. The number of hydrogen-bond acceptors (Lipinski definition) is 3. The molecule has 0 bridgehead atoms. The highest BCUT2D eigenvalue weighted by Crippen LogP contribution is 2.18. The van der Waals surface area contributed by atoms with Crippen LogP contribution in [0.3, 0.4) is 0 Å². The second-order valence-electron chi connectivity index (χ2n) is 4.28. The van der Waals surface area contributed by atoms with E-state index >= 15 is 0 Å². The van der Waals surface area contributed by atoms with Gasteiger partial charge in [-0.2, -0.15) is 0 Å². The first-order valence-electron chi connectivity index (χ1n) is 5.75. The second kappa shape index (κ2) is 6.16. The van der Waals surface area contributed by atoms with Crippen molar-refractivity contribution >= 4 is 17.5 Å². The van der Waals surface area contributed by atoms with Crippen molar-refractivity contribution in [1.82, 2.24) is 5.32 Å².